The molecule has 1 aromatic carbocycles. The van der Waals surface area contributed by atoms with Crippen molar-refractivity contribution in [1.29, 1.82) is 0 Å². The molecular formula is C24H26N6. The minimum atomic E-state index is 0.117. The van der Waals surface area contributed by atoms with E-state index in [1.165, 1.54) is 0 Å². The van der Waals surface area contributed by atoms with E-state index in [2.05, 4.69) is 46.6 Å². The van der Waals surface area contributed by atoms with Crippen molar-refractivity contribution in [3.05, 3.63) is 85.3 Å². The van der Waals surface area contributed by atoms with Crippen LogP contribution in [-0.4, -0.2) is 30.1 Å². The second-order valence-corrected chi connectivity index (χ2v) is 7.59. The van der Waals surface area contributed by atoms with Gasteiger partial charge in [0, 0.05) is 31.5 Å². The van der Waals surface area contributed by atoms with Gasteiger partial charge in [-0.25, -0.2) is 9.97 Å². The van der Waals surface area contributed by atoms with E-state index >= 15 is 0 Å². The zero-order valence-electron chi connectivity index (χ0n) is 17.3. The second kappa shape index (κ2) is 7.91. The fourth-order valence-electron chi connectivity index (χ4n) is 3.33. The minimum absolute atomic E-state index is 0.117. The quantitative estimate of drug-likeness (QED) is 0.571. The van der Waals surface area contributed by atoms with E-state index in [0.29, 0.717) is 23.1 Å². The molecule has 1 fully saturated rings. The van der Waals surface area contributed by atoms with Crippen LogP contribution in [0, 0.1) is 0 Å². The number of nitrogens with one attached hydrogen (secondary N) is 1. The van der Waals surface area contributed by atoms with Gasteiger partial charge < -0.3 is 20.9 Å². The predicted molar refractivity (Wildman–Crippen MR) is 125 cm³/mol. The highest BCUT2D eigenvalue weighted by Gasteiger charge is 2.37. The number of aromatic nitrogens is 2. The lowest BCUT2D eigenvalue weighted by molar-refractivity contribution is 0.910. The first-order chi connectivity index (χ1) is 14.4. The van der Waals surface area contributed by atoms with Crippen LogP contribution >= 0.6 is 0 Å². The van der Waals surface area contributed by atoms with Gasteiger partial charge in [0.2, 0.25) is 0 Å². The Morgan fingerprint density at radius 1 is 1.13 bits per heavy atom. The number of hydrogen-bond donors (Lipinski definition) is 2. The van der Waals surface area contributed by atoms with Gasteiger partial charge in [-0.15, -0.1) is 0 Å². The van der Waals surface area contributed by atoms with Gasteiger partial charge in [0.1, 0.15) is 11.6 Å². The summed E-state index contributed by atoms with van der Waals surface area (Å²) in [6, 6.07) is 17.9. The first kappa shape index (κ1) is 19.5. The van der Waals surface area contributed by atoms with E-state index in [1.54, 1.807) is 6.20 Å². The van der Waals surface area contributed by atoms with E-state index < -0.39 is 0 Å². The summed E-state index contributed by atoms with van der Waals surface area (Å²) in [5, 5.41) is 3.27. The average Bonchev–Trinajstić information content (AvgIpc) is 3.46. The third-order valence-corrected chi connectivity index (χ3v) is 5.10. The summed E-state index contributed by atoms with van der Waals surface area (Å²) >= 11 is 0. The smallest absolute Gasteiger partial charge is 0.158 e. The summed E-state index contributed by atoms with van der Waals surface area (Å²) in [7, 11) is 4.04. The molecule has 1 saturated carbocycles. The molecular weight excluding hydrogens is 372 g/mol. The number of nitrogen functional groups attached to an aromatic ring is 1. The monoisotopic (exact) mass is 398 g/mol. The van der Waals surface area contributed by atoms with Gasteiger partial charge in [-0.05, 0) is 42.8 Å². The van der Waals surface area contributed by atoms with Crippen LogP contribution in [0.3, 0.4) is 0 Å². The predicted octanol–water partition coefficient (Wildman–Crippen LogP) is 4.51. The highest BCUT2D eigenvalue weighted by Crippen LogP contribution is 2.40. The molecule has 0 saturated heterocycles. The molecule has 30 heavy (non-hydrogen) atoms. The molecule has 0 spiro atoms. The number of anilines is 4. The van der Waals surface area contributed by atoms with Crippen LogP contribution in [0.4, 0.5) is 23.0 Å². The zero-order chi connectivity index (χ0) is 21.3. The van der Waals surface area contributed by atoms with E-state index in [-0.39, 0.29) is 6.04 Å². The van der Waals surface area contributed by atoms with Gasteiger partial charge in [0.05, 0.1) is 17.4 Å². The fraction of sp³-hybridized carbons (Fsp3) is 0.167. The molecule has 0 radical (unpaired) electrons. The first-order valence-electron chi connectivity index (χ1n) is 9.82. The van der Waals surface area contributed by atoms with Gasteiger partial charge in [0.25, 0.3) is 0 Å². The molecule has 3 aromatic rings. The Morgan fingerprint density at radius 2 is 1.93 bits per heavy atom. The number of pyridine rings is 2. The molecule has 2 aromatic heterocycles. The van der Waals surface area contributed by atoms with Crippen LogP contribution in [-0.2, 0) is 0 Å². The summed E-state index contributed by atoms with van der Waals surface area (Å²) in [5.74, 6) is 2.04. The van der Waals surface area contributed by atoms with Crippen molar-refractivity contribution in [2.45, 2.75) is 12.5 Å². The van der Waals surface area contributed by atoms with Gasteiger partial charge >= 0.3 is 0 Å². The van der Waals surface area contributed by atoms with E-state index in [9.17, 15) is 0 Å². The number of rotatable bonds is 7. The molecule has 0 aliphatic heterocycles. The van der Waals surface area contributed by atoms with Crippen molar-refractivity contribution in [2.75, 3.05) is 34.9 Å². The highest BCUT2D eigenvalue weighted by molar-refractivity contribution is 5.75. The van der Waals surface area contributed by atoms with Crippen molar-refractivity contribution < 1.29 is 0 Å². The summed E-state index contributed by atoms with van der Waals surface area (Å²) in [4.78, 5) is 13.3. The first-order valence-corrected chi connectivity index (χ1v) is 9.82. The SMILES string of the molecule is C=C1C[C@H]1N(C(=C)Nc1ccccn1)c1nc(-c2cccc(N(C)C)c2)ccc1N. The molecule has 2 heterocycles. The largest absolute Gasteiger partial charge is 0.396 e. The topological polar surface area (TPSA) is 70.3 Å². The number of nitrogens with two attached hydrogens (primary N) is 1. The molecule has 0 unspecified atom stereocenters. The molecule has 4 rings (SSSR count). The molecule has 6 nitrogen and oxygen atoms in total. The number of benzene rings is 1. The molecule has 3 N–H and O–H groups in total. The van der Waals surface area contributed by atoms with E-state index in [0.717, 1.165) is 28.9 Å². The average molecular weight is 399 g/mol. The van der Waals surface area contributed by atoms with Gasteiger partial charge in [-0.3, -0.25) is 0 Å². The molecule has 0 bridgehead atoms. The maximum absolute atomic E-state index is 6.36. The van der Waals surface area contributed by atoms with E-state index in [1.807, 2.05) is 55.4 Å². The molecule has 152 valence electrons. The number of nitrogens with zero attached hydrogens (tertiary/aromatic N) is 4. The molecule has 1 aliphatic carbocycles. The Morgan fingerprint density at radius 3 is 2.60 bits per heavy atom. The fourth-order valence-corrected chi connectivity index (χ4v) is 3.33. The lowest BCUT2D eigenvalue weighted by atomic mass is 10.1. The van der Waals surface area contributed by atoms with Crippen molar-refractivity contribution in [3.8, 4) is 11.3 Å². The van der Waals surface area contributed by atoms with Crippen molar-refractivity contribution in [2.24, 2.45) is 0 Å². The second-order valence-electron chi connectivity index (χ2n) is 7.59. The molecule has 1 aliphatic rings. The summed E-state index contributed by atoms with van der Waals surface area (Å²) < 4.78 is 0. The van der Waals surface area contributed by atoms with Crippen LogP contribution in [0.15, 0.2) is 85.3 Å². The van der Waals surface area contributed by atoms with Crippen molar-refractivity contribution in [1.82, 2.24) is 9.97 Å². The van der Waals surface area contributed by atoms with Crippen molar-refractivity contribution >= 4 is 23.0 Å². The normalized spacial score (nSPS) is 14.9. The molecule has 1 atom stereocenters. The number of hydrogen-bond acceptors (Lipinski definition) is 6. The van der Waals surface area contributed by atoms with Gasteiger partial charge in [0.15, 0.2) is 5.82 Å². The molecule has 0 amide bonds. The minimum Gasteiger partial charge on any atom is -0.396 e. The van der Waals surface area contributed by atoms with Crippen LogP contribution < -0.4 is 20.9 Å². The summed E-state index contributed by atoms with van der Waals surface area (Å²) in [6.45, 7) is 8.36. The highest BCUT2D eigenvalue weighted by atomic mass is 15.3. The third-order valence-electron chi connectivity index (χ3n) is 5.10. The van der Waals surface area contributed by atoms with Crippen LogP contribution in [0.5, 0.6) is 0 Å². The Balaban J connectivity index is 1.71. The Kier molecular flexibility index (Phi) is 5.14. The van der Waals surface area contributed by atoms with Crippen LogP contribution in [0.25, 0.3) is 11.3 Å². The lowest BCUT2D eigenvalue weighted by Gasteiger charge is -2.27. The summed E-state index contributed by atoms with van der Waals surface area (Å²) in [5.41, 5.74) is 11.1. The van der Waals surface area contributed by atoms with Crippen LogP contribution in [0.2, 0.25) is 0 Å². The van der Waals surface area contributed by atoms with Gasteiger partial charge in [-0.1, -0.05) is 36.9 Å². The standard InChI is InChI=1S/C24H26N6/c1-16-14-22(16)30(17(2)27-23-10-5-6-13-26-23)24-20(25)11-12-21(28-24)18-8-7-9-19(15-18)29(3)4/h5-13,15,22H,1-2,14,25H2,3-4H3,(H,26,27)/t22-/m1/s1. The molecule has 6 heteroatoms. The summed E-state index contributed by atoms with van der Waals surface area (Å²) in [6.07, 6.45) is 2.62. The van der Waals surface area contributed by atoms with E-state index in [4.69, 9.17) is 10.7 Å². The third kappa shape index (κ3) is 3.98. The van der Waals surface area contributed by atoms with Gasteiger partial charge in [-0.2, -0.15) is 0 Å². The van der Waals surface area contributed by atoms with Crippen LogP contribution in [0.1, 0.15) is 6.42 Å². The zero-order valence-corrected chi connectivity index (χ0v) is 17.3. The Hall–Kier alpha value is -3.80. The lowest BCUT2D eigenvalue weighted by Crippen LogP contribution is -2.30. The Labute approximate surface area is 177 Å². The maximum Gasteiger partial charge on any atom is 0.158 e. The Bertz CT molecular complexity index is 1090. The van der Waals surface area contributed by atoms with Crippen molar-refractivity contribution in [3.63, 3.8) is 0 Å². The maximum atomic E-state index is 6.36.